The van der Waals surface area contributed by atoms with E-state index in [2.05, 4.69) is 17.1 Å². The standard InChI is InChI=1S/C16H25N3O2/c1-12(11-19-7-3-4-8-19)10-18-16(20)14-6-5-13(21-2)9-15(14)17/h5-6,9,12H,3-4,7-8,10-11,17H2,1-2H3,(H,18,20). The quantitative estimate of drug-likeness (QED) is 0.783. The summed E-state index contributed by atoms with van der Waals surface area (Å²) < 4.78 is 5.09. The summed E-state index contributed by atoms with van der Waals surface area (Å²) in [7, 11) is 1.58. The SMILES string of the molecule is COc1ccc(C(=O)NCC(C)CN2CCCC2)c(N)c1. The molecule has 1 unspecified atom stereocenters. The first-order chi connectivity index (χ1) is 10.1. The first kappa shape index (κ1) is 15.6. The average Bonchev–Trinajstić information content (AvgIpc) is 2.97. The maximum Gasteiger partial charge on any atom is 0.253 e. The fraction of sp³-hybridized carbons (Fsp3) is 0.562. The minimum absolute atomic E-state index is 0.122. The number of nitrogen functional groups attached to an aromatic ring is 1. The number of hydrogen-bond acceptors (Lipinski definition) is 4. The van der Waals surface area contributed by atoms with E-state index in [9.17, 15) is 4.79 Å². The Morgan fingerprint density at radius 3 is 2.76 bits per heavy atom. The van der Waals surface area contributed by atoms with Crippen molar-refractivity contribution in [1.82, 2.24) is 10.2 Å². The van der Waals surface area contributed by atoms with Crippen LogP contribution in [0.1, 0.15) is 30.1 Å². The van der Waals surface area contributed by atoms with E-state index < -0.39 is 0 Å². The Morgan fingerprint density at radius 2 is 2.14 bits per heavy atom. The van der Waals surface area contributed by atoms with Crippen molar-refractivity contribution in [1.29, 1.82) is 0 Å². The van der Waals surface area contributed by atoms with Crippen molar-refractivity contribution in [2.75, 3.05) is 39.0 Å². The van der Waals surface area contributed by atoms with Crippen LogP contribution in [0, 0.1) is 5.92 Å². The fourth-order valence-corrected chi connectivity index (χ4v) is 2.71. The molecule has 1 fully saturated rings. The molecule has 5 heteroatoms. The zero-order chi connectivity index (χ0) is 15.2. The highest BCUT2D eigenvalue weighted by atomic mass is 16.5. The van der Waals surface area contributed by atoms with Crippen molar-refractivity contribution in [3.05, 3.63) is 23.8 Å². The molecule has 0 bridgehead atoms. The molecule has 0 aliphatic carbocycles. The topological polar surface area (TPSA) is 67.6 Å². The molecule has 0 saturated carbocycles. The van der Waals surface area contributed by atoms with E-state index in [0.29, 0.717) is 29.5 Å². The van der Waals surface area contributed by atoms with Gasteiger partial charge in [0.25, 0.3) is 5.91 Å². The molecule has 3 N–H and O–H groups in total. The monoisotopic (exact) mass is 291 g/mol. The average molecular weight is 291 g/mol. The molecule has 0 aromatic heterocycles. The zero-order valence-electron chi connectivity index (χ0n) is 12.9. The number of carbonyl (C=O) groups excluding carboxylic acids is 1. The van der Waals surface area contributed by atoms with Gasteiger partial charge in [-0.15, -0.1) is 0 Å². The predicted octanol–water partition coefficient (Wildman–Crippen LogP) is 1.74. The molecule has 1 saturated heterocycles. The van der Waals surface area contributed by atoms with Crippen molar-refractivity contribution < 1.29 is 9.53 Å². The molecule has 1 aromatic rings. The molecule has 2 rings (SSSR count). The lowest BCUT2D eigenvalue weighted by Crippen LogP contribution is -2.34. The maximum atomic E-state index is 12.2. The van der Waals surface area contributed by atoms with Gasteiger partial charge in [-0.2, -0.15) is 0 Å². The third-order valence-corrected chi connectivity index (χ3v) is 3.88. The minimum atomic E-state index is -0.122. The molecule has 5 nitrogen and oxygen atoms in total. The lowest BCUT2D eigenvalue weighted by Gasteiger charge is -2.20. The number of methoxy groups -OCH3 is 1. The van der Waals surface area contributed by atoms with Crippen LogP contribution in [-0.2, 0) is 0 Å². The largest absolute Gasteiger partial charge is 0.497 e. The molecular weight excluding hydrogens is 266 g/mol. The van der Waals surface area contributed by atoms with E-state index in [1.54, 1.807) is 25.3 Å². The highest BCUT2D eigenvalue weighted by Gasteiger charge is 2.16. The van der Waals surface area contributed by atoms with Gasteiger partial charge in [0.2, 0.25) is 0 Å². The number of ether oxygens (including phenoxy) is 1. The summed E-state index contributed by atoms with van der Waals surface area (Å²) in [5.74, 6) is 0.974. The molecule has 0 spiro atoms. The number of amides is 1. The third kappa shape index (κ3) is 4.36. The Hall–Kier alpha value is -1.75. The van der Waals surface area contributed by atoms with Gasteiger partial charge < -0.3 is 20.7 Å². The van der Waals surface area contributed by atoms with Gasteiger partial charge in [0.15, 0.2) is 0 Å². The maximum absolute atomic E-state index is 12.2. The van der Waals surface area contributed by atoms with Crippen LogP contribution in [-0.4, -0.2) is 44.1 Å². The smallest absolute Gasteiger partial charge is 0.253 e. The van der Waals surface area contributed by atoms with E-state index in [0.717, 1.165) is 6.54 Å². The van der Waals surface area contributed by atoms with Crippen molar-refractivity contribution in [3.8, 4) is 5.75 Å². The summed E-state index contributed by atoms with van der Waals surface area (Å²) >= 11 is 0. The summed E-state index contributed by atoms with van der Waals surface area (Å²) in [6.07, 6.45) is 2.59. The van der Waals surface area contributed by atoms with E-state index in [4.69, 9.17) is 10.5 Å². The number of benzene rings is 1. The number of nitrogens with zero attached hydrogens (tertiary/aromatic N) is 1. The number of carbonyl (C=O) groups is 1. The van der Waals surface area contributed by atoms with Gasteiger partial charge >= 0.3 is 0 Å². The van der Waals surface area contributed by atoms with Crippen molar-refractivity contribution in [2.45, 2.75) is 19.8 Å². The van der Waals surface area contributed by atoms with Gasteiger partial charge in [-0.25, -0.2) is 0 Å². The van der Waals surface area contributed by atoms with Gasteiger partial charge in [0.05, 0.1) is 12.7 Å². The molecule has 21 heavy (non-hydrogen) atoms. The third-order valence-electron chi connectivity index (χ3n) is 3.88. The number of likely N-dealkylation sites (tertiary alicyclic amines) is 1. The summed E-state index contributed by atoms with van der Waals surface area (Å²) in [5, 5.41) is 2.96. The van der Waals surface area contributed by atoms with E-state index in [1.165, 1.54) is 25.9 Å². The Kier molecular flexibility index (Phi) is 5.44. The molecular formula is C16H25N3O2. The van der Waals surface area contributed by atoms with Crippen LogP contribution in [0.4, 0.5) is 5.69 Å². The fourth-order valence-electron chi connectivity index (χ4n) is 2.71. The first-order valence-electron chi connectivity index (χ1n) is 7.54. The Morgan fingerprint density at radius 1 is 1.43 bits per heavy atom. The highest BCUT2D eigenvalue weighted by Crippen LogP contribution is 2.19. The number of nitrogens with one attached hydrogen (secondary N) is 1. The molecule has 1 aliphatic heterocycles. The molecule has 1 aliphatic rings. The van der Waals surface area contributed by atoms with Crippen molar-refractivity contribution in [3.63, 3.8) is 0 Å². The second-order valence-electron chi connectivity index (χ2n) is 5.78. The highest BCUT2D eigenvalue weighted by molar-refractivity contribution is 5.99. The Labute approximate surface area is 126 Å². The molecule has 0 radical (unpaired) electrons. The van der Waals surface area contributed by atoms with E-state index in [1.807, 2.05) is 0 Å². The van der Waals surface area contributed by atoms with Crippen LogP contribution in [0.25, 0.3) is 0 Å². The lowest BCUT2D eigenvalue weighted by atomic mass is 10.1. The molecule has 1 atom stereocenters. The number of rotatable bonds is 6. The van der Waals surface area contributed by atoms with Gasteiger partial charge in [-0.05, 0) is 44.0 Å². The molecule has 1 amide bonds. The van der Waals surface area contributed by atoms with Gasteiger partial charge in [0.1, 0.15) is 5.75 Å². The number of hydrogen-bond donors (Lipinski definition) is 2. The minimum Gasteiger partial charge on any atom is -0.497 e. The number of nitrogens with two attached hydrogens (primary N) is 1. The summed E-state index contributed by atoms with van der Waals surface area (Å²) in [6, 6.07) is 5.12. The van der Waals surface area contributed by atoms with Gasteiger partial charge in [-0.3, -0.25) is 4.79 Å². The zero-order valence-corrected chi connectivity index (χ0v) is 12.9. The summed E-state index contributed by atoms with van der Waals surface area (Å²) in [4.78, 5) is 14.6. The van der Waals surface area contributed by atoms with Crippen molar-refractivity contribution in [2.24, 2.45) is 5.92 Å². The lowest BCUT2D eigenvalue weighted by molar-refractivity contribution is 0.0946. The molecule has 1 heterocycles. The Balaban J connectivity index is 1.83. The van der Waals surface area contributed by atoms with E-state index >= 15 is 0 Å². The number of anilines is 1. The van der Waals surface area contributed by atoms with Crippen LogP contribution < -0.4 is 15.8 Å². The summed E-state index contributed by atoms with van der Waals surface area (Å²) in [5.41, 5.74) is 6.83. The van der Waals surface area contributed by atoms with Crippen LogP contribution in [0.2, 0.25) is 0 Å². The van der Waals surface area contributed by atoms with Crippen molar-refractivity contribution >= 4 is 11.6 Å². The van der Waals surface area contributed by atoms with Gasteiger partial charge in [-0.1, -0.05) is 6.92 Å². The van der Waals surface area contributed by atoms with Crippen LogP contribution in [0.3, 0.4) is 0 Å². The molecule has 1 aromatic carbocycles. The van der Waals surface area contributed by atoms with Crippen LogP contribution >= 0.6 is 0 Å². The second kappa shape index (κ2) is 7.31. The molecule has 116 valence electrons. The summed E-state index contributed by atoms with van der Waals surface area (Å²) in [6.45, 7) is 6.24. The first-order valence-corrected chi connectivity index (χ1v) is 7.54. The van der Waals surface area contributed by atoms with Crippen LogP contribution in [0.15, 0.2) is 18.2 Å². The predicted molar refractivity (Wildman–Crippen MR) is 84.6 cm³/mol. The van der Waals surface area contributed by atoms with Crippen LogP contribution in [0.5, 0.6) is 5.75 Å². The second-order valence-corrected chi connectivity index (χ2v) is 5.78. The van der Waals surface area contributed by atoms with Gasteiger partial charge in [0, 0.05) is 24.8 Å². The van der Waals surface area contributed by atoms with E-state index in [-0.39, 0.29) is 5.91 Å². The Bertz CT molecular complexity index is 484. The normalized spacial score (nSPS) is 16.7.